The molecule has 1 aliphatic rings. The molecule has 1 saturated heterocycles. The monoisotopic (exact) mass is 338 g/mol. The molecule has 4 nitrogen and oxygen atoms in total. The number of aromatic nitrogens is 1. The van der Waals surface area contributed by atoms with Gasteiger partial charge >= 0.3 is 0 Å². The van der Waals surface area contributed by atoms with E-state index in [9.17, 15) is 9.65 Å². The van der Waals surface area contributed by atoms with Gasteiger partial charge in [0, 0.05) is 31.5 Å². The Labute approximate surface area is 148 Å². The summed E-state index contributed by atoms with van der Waals surface area (Å²) in [5.41, 5.74) is 2.54. The summed E-state index contributed by atoms with van der Waals surface area (Å²) in [6.07, 6.45) is 4.89. The molecule has 0 N–H and O–H groups in total. The average Bonchev–Trinajstić information content (AvgIpc) is 2.97. The molecule has 2 atom stereocenters. The van der Waals surface area contributed by atoms with E-state index in [1.54, 1.807) is 12.3 Å². The zero-order chi connectivity index (χ0) is 17.8. The average molecular weight is 338 g/mol. The van der Waals surface area contributed by atoms with Crippen molar-refractivity contribution in [1.82, 2.24) is 14.8 Å². The lowest BCUT2D eigenvalue weighted by atomic mass is 9.94. The number of likely N-dealkylation sites (tertiary alicyclic amines) is 1. The minimum Gasteiger partial charge on any atom is -0.302 e. The van der Waals surface area contributed by atoms with E-state index < -0.39 is 0 Å². The van der Waals surface area contributed by atoms with E-state index in [0.29, 0.717) is 24.1 Å². The SMILES string of the molecule is CN(Cc1ccc(F)cc1C#N)C[C@@H]1CCN(C)[C@H]1c1cccnc1. The molecule has 0 aliphatic carbocycles. The minimum absolute atomic E-state index is 0.361. The third-order valence-electron chi connectivity index (χ3n) is 4.98. The molecule has 0 saturated carbocycles. The Bertz CT molecular complexity index is 756. The van der Waals surface area contributed by atoms with Gasteiger partial charge in [-0.05, 0) is 62.3 Å². The first kappa shape index (κ1) is 17.5. The fourth-order valence-electron chi connectivity index (χ4n) is 3.84. The maximum atomic E-state index is 13.3. The second-order valence-corrected chi connectivity index (χ2v) is 6.87. The lowest BCUT2D eigenvalue weighted by Crippen LogP contribution is -2.30. The van der Waals surface area contributed by atoms with Crippen LogP contribution in [0.3, 0.4) is 0 Å². The summed E-state index contributed by atoms with van der Waals surface area (Å²) >= 11 is 0. The van der Waals surface area contributed by atoms with E-state index in [4.69, 9.17) is 0 Å². The largest absolute Gasteiger partial charge is 0.302 e. The first-order chi connectivity index (χ1) is 12.1. The van der Waals surface area contributed by atoms with Crippen LogP contribution < -0.4 is 0 Å². The summed E-state index contributed by atoms with van der Waals surface area (Å²) in [5, 5.41) is 9.22. The van der Waals surface area contributed by atoms with Crippen LogP contribution in [-0.4, -0.2) is 42.0 Å². The molecule has 0 unspecified atom stereocenters. The van der Waals surface area contributed by atoms with Gasteiger partial charge in [-0.25, -0.2) is 4.39 Å². The van der Waals surface area contributed by atoms with Crippen molar-refractivity contribution in [2.75, 3.05) is 27.2 Å². The molecule has 0 bridgehead atoms. The van der Waals surface area contributed by atoms with Gasteiger partial charge < -0.3 is 4.90 Å². The molecular formula is C20H23FN4. The van der Waals surface area contributed by atoms with Crippen LogP contribution >= 0.6 is 0 Å². The number of rotatable bonds is 5. The van der Waals surface area contributed by atoms with Gasteiger partial charge in [-0.2, -0.15) is 5.26 Å². The Morgan fingerprint density at radius 3 is 2.96 bits per heavy atom. The second kappa shape index (κ2) is 7.73. The third kappa shape index (κ3) is 4.04. The number of nitriles is 1. The first-order valence-corrected chi connectivity index (χ1v) is 8.55. The zero-order valence-electron chi connectivity index (χ0n) is 14.7. The van der Waals surface area contributed by atoms with Crippen LogP contribution in [-0.2, 0) is 6.54 Å². The molecule has 1 aromatic carbocycles. The maximum absolute atomic E-state index is 13.3. The van der Waals surface area contributed by atoms with Crippen molar-refractivity contribution in [3.63, 3.8) is 0 Å². The highest BCUT2D eigenvalue weighted by Crippen LogP contribution is 2.36. The summed E-state index contributed by atoms with van der Waals surface area (Å²) in [6.45, 7) is 2.63. The Kier molecular flexibility index (Phi) is 5.42. The van der Waals surface area contributed by atoms with Crippen LogP contribution in [0.25, 0.3) is 0 Å². The number of nitrogens with zero attached hydrogens (tertiary/aromatic N) is 4. The molecule has 5 heteroatoms. The van der Waals surface area contributed by atoms with Crippen molar-refractivity contribution in [2.45, 2.75) is 19.0 Å². The van der Waals surface area contributed by atoms with Crippen molar-refractivity contribution < 1.29 is 4.39 Å². The first-order valence-electron chi connectivity index (χ1n) is 8.55. The van der Waals surface area contributed by atoms with Gasteiger partial charge in [0.15, 0.2) is 0 Å². The molecule has 25 heavy (non-hydrogen) atoms. The third-order valence-corrected chi connectivity index (χ3v) is 4.98. The number of halogens is 1. The van der Waals surface area contributed by atoms with Gasteiger partial charge in [0.2, 0.25) is 0 Å². The number of pyridine rings is 1. The predicted molar refractivity (Wildman–Crippen MR) is 95.2 cm³/mol. The molecule has 0 amide bonds. The fourth-order valence-corrected chi connectivity index (χ4v) is 3.84. The quantitative estimate of drug-likeness (QED) is 0.840. The molecule has 130 valence electrons. The zero-order valence-corrected chi connectivity index (χ0v) is 14.7. The molecule has 1 aromatic heterocycles. The van der Waals surface area contributed by atoms with E-state index in [-0.39, 0.29) is 5.82 Å². The van der Waals surface area contributed by atoms with Crippen LogP contribution in [0, 0.1) is 23.1 Å². The van der Waals surface area contributed by atoms with Gasteiger partial charge in [-0.15, -0.1) is 0 Å². The number of hydrogen-bond donors (Lipinski definition) is 0. The van der Waals surface area contributed by atoms with Gasteiger partial charge in [0.05, 0.1) is 11.6 Å². The Hall–Kier alpha value is -2.29. The minimum atomic E-state index is -0.364. The predicted octanol–water partition coefficient (Wildman–Crippen LogP) is 3.22. The Morgan fingerprint density at radius 1 is 1.40 bits per heavy atom. The van der Waals surface area contributed by atoms with Crippen LogP contribution in [0.1, 0.15) is 29.2 Å². The summed E-state index contributed by atoms with van der Waals surface area (Å²) in [5.74, 6) is 0.141. The van der Waals surface area contributed by atoms with E-state index >= 15 is 0 Å². The summed E-state index contributed by atoms with van der Waals surface area (Å²) in [6, 6.07) is 11.0. The van der Waals surface area contributed by atoms with Gasteiger partial charge in [-0.3, -0.25) is 9.88 Å². The van der Waals surface area contributed by atoms with E-state index in [1.807, 2.05) is 12.3 Å². The highest BCUT2D eigenvalue weighted by molar-refractivity contribution is 5.37. The van der Waals surface area contributed by atoms with Crippen molar-refractivity contribution in [3.8, 4) is 6.07 Å². The molecule has 0 radical (unpaired) electrons. The van der Waals surface area contributed by atoms with Crippen LogP contribution in [0.15, 0.2) is 42.7 Å². The van der Waals surface area contributed by atoms with Crippen molar-refractivity contribution >= 4 is 0 Å². The van der Waals surface area contributed by atoms with E-state index in [1.165, 1.54) is 17.7 Å². The highest BCUT2D eigenvalue weighted by atomic mass is 19.1. The van der Waals surface area contributed by atoms with Gasteiger partial charge in [-0.1, -0.05) is 12.1 Å². The fraction of sp³-hybridized carbons (Fsp3) is 0.400. The van der Waals surface area contributed by atoms with Crippen LogP contribution in [0.4, 0.5) is 4.39 Å². The summed E-state index contributed by atoms with van der Waals surface area (Å²) in [7, 11) is 4.22. The highest BCUT2D eigenvalue weighted by Gasteiger charge is 2.33. The molecule has 2 heterocycles. The second-order valence-electron chi connectivity index (χ2n) is 6.87. The number of hydrogen-bond acceptors (Lipinski definition) is 4. The molecule has 1 fully saturated rings. The molecule has 1 aliphatic heterocycles. The van der Waals surface area contributed by atoms with Crippen molar-refractivity contribution in [3.05, 3.63) is 65.2 Å². The van der Waals surface area contributed by atoms with Crippen LogP contribution in [0.5, 0.6) is 0 Å². The molecule has 2 aromatic rings. The summed E-state index contributed by atoms with van der Waals surface area (Å²) in [4.78, 5) is 8.87. The standard InChI is InChI=1S/C20H23FN4/c1-24(13-16-5-6-19(21)10-18(16)11-22)14-17-7-9-25(2)20(17)15-4-3-8-23-12-15/h3-6,8,10,12,17,20H,7,9,13-14H2,1-2H3/t17-,20-/m0/s1. The van der Waals surface area contributed by atoms with Crippen molar-refractivity contribution in [1.29, 1.82) is 5.26 Å². The van der Waals surface area contributed by atoms with E-state index in [0.717, 1.165) is 25.1 Å². The van der Waals surface area contributed by atoms with Gasteiger partial charge in [0.1, 0.15) is 5.82 Å². The molecule has 3 rings (SSSR count). The Morgan fingerprint density at radius 2 is 2.24 bits per heavy atom. The van der Waals surface area contributed by atoms with Crippen molar-refractivity contribution in [2.24, 2.45) is 5.92 Å². The topological polar surface area (TPSA) is 43.2 Å². The normalized spacial score (nSPS) is 20.8. The Balaban J connectivity index is 1.70. The smallest absolute Gasteiger partial charge is 0.124 e. The van der Waals surface area contributed by atoms with E-state index in [2.05, 4.69) is 41.0 Å². The maximum Gasteiger partial charge on any atom is 0.124 e. The molecular weight excluding hydrogens is 315 g/mol. The molecule has 0 spiro atoms. The summed E-state index contributed by atoms with van der Waals surface area (Å²) < 4.78 is 13.3. The lowest BCUT2D eigenvalue weighted by Gasteiger charge is -2.28. The number of benzene rings is 1. The van der Waals surface area contributed by atoms with Gasteiger partial charge in [0.25, 0.3) is 0 Å². The lowest BCUT2D eigenvalue weighted by molar-refractivity contribution is 0.213. The van der Waals surface area contributed by atoms with Crippen LogP contribution in [0.2, 0.25) is 0 Å².